The van der Waals surface area contributed by atoms with E-state index >= 15 is 0 Å². The summed E-state index contributed by atoms with van der Waals surface area (Å²) in [5, 5.41) is 4.64. The lowest BCUT2D eigenvalue weighted by Gasteiger charge is -2.22. The highest BCUT2D eigenvalue weighted by Crippen LogP contribution is 2.51. The number of benzene rings is 10. The predicted octanol–water partition coefficient (Wildman–Crippen LogP) is 17.4. The average molecular weight is 948 g/mol. The van der Waals surface area contributed by atoms with Crippen LogP contribution in [0.3, 0.4) is 0 Å². The molecule has 6 nitrogen and oxygen atoms in total. The molecule has 10 aromatic carbocycles. The Hall–Kier alpha value is -9.65. The summed E-state index contributed by atoms with van der Waals surface area (Å²) in [4.78, 5) is 26.1. The Kier molecular flexibility index (Phi) is 10.1. The molecular formula is C68H45N5O. The third-order valence-corrected chi connectivity index (χ3v) is 14.7. The topological polar surface area (TPSA) is 77.6 Å². The van der Waals surface area contributed by atoms with Gasteiger partial charge in [0, 0.05) is 49.6 Å². The molecule has 14 rings (SSSR count). The largest absolute Gasteiger partial charge is 0.456 e. The molecule has 0 aliphatic heterocycles. The van der Waals surface area contributed by atoms with Gasteiger partial charge in [0.15, 0.2) is 23.3 Å². The lowest BCUT2D eigenvalue weighted by molar-refractivity contribution is 0.661. The van der Waals surface area contributed by atoms with Crippen molar-refractivity contribution in [3.63, 3.8) is 0 Å². The molecule has 0 saturated carbocycles. The first-order valence-corrected chi connectivity index (χ1v) is 25.0. The molecule has 0 unspecified atom stereocenters. The fraction of sp³-hybridized carbons (Fsp3) is 0.0441. The van der Waals surface area contributed by atoms with Gasteiger partial charge in [0.1, 0.15) is 11.2 Å². The molecule has 0 radical (unpaired) electrons. The van der Waals surface area contributed by atoms with Crippen LogP contribution in [0.4, 0.5) is 0 Å². The van der Waals surface area contributed by atoms with Crippen molar-refractivity contribution in [2.75, 3.05) is 0 Å². The second-order valence-electron chi connectivity index (χ2n) is 19.7. The van der Waals surface area contributed by atoms with Gasteiger partial charge in [-0.25, -0.2) is 24.9 Å². The van der Waals surface area contributed by atoms with Crippen molar-refractivity contribution in [1.29, 1.82) is 0 Å². The molecule has 0 amide bonds. The van der Waals surface area contributed by atoms with Crippen LogP contribution in [0.15, 0.2) is 241 Å². The zero-order valence-corrected chi connectivity index (χ0v) is 40.7. The molecule has 3 aromatic heterocycles. The Bertz CT molecular complexity index is 4350. The summed E-state index contributed by atoms with van der Waals surface area (Å²) in [5.74, 6) is 2.39. The van der Waals surface area contributed by atoms with Crippen LogP contribution in [-0.4, -0.2) is 24.9 Å². The number of fused-ring (bicyclic) bond motifs is 7. The molecule has 3 heterocycles. The lowest BCUT2D eigenvalue weighted by Crippen LogP contribution is -2.15. The predicted molar refractivity (Wildman–Crippen MR) is 301 cm³/mol. The third kappa shape index (κ3) is 7.55. The average Bonchev–Trinajstić information content (AvgIpc) is 3.95. The maximum Gasteiger partial charge on any atom is 0.164 e. The molecular weight excluding hydrogens is 903 g/mol. The van der Waals surface area contributed by atoms with Gasteiger partial charge < -0.3 is 4.42 Å². The number of para-hydroxylation sites is 1. The first-order valence-electron chi connectivity index (χ1n) is 25.0. The van der Waals surface area contributed by atoms with Gasteiger partial charge in [-0.2, -0.15) is 0 Å². The number of hydrogen-bond donors (Lipinski definition) is 0. The first-order chi connectivity index (χ1) is 36.4. The number of aromatic nitrogens is 5. The molecule has 0 saturated heterocycles. The van der Waals surface area contributed by atoms with Crippen molar-refractivity contribution in [3.05, 3.63) is 248 Å². The zero-order valence-electron chi connectivity index (χ0n) is 40.7. The Morgan fingerprint density at radius 3 is 1.42 bits per heavy atom. The molecule has 74 heavy (non-hydrogen) atoms. The standard InChI is InChI=1S/C68H45N5O/c1-68(2)58-39-50(30-32-54(58)57-37-47-20-9-10-21-48(47)38-59(57)68)61-41-60(69-64(70-61)43-18-7-4-8-19-43)49-25-13-23-45(34-49)46-24-15-27-52(36-46)66-71-65(51-26-14-22-44(35-51)42-16-5-3-6-17-42)72-67(73-66)53-31-33-56-55-28-11-12-29-62(55)74-63(56)40-53/h3-41H,1-2H3. The van der Waals surface area contributed by atoms with E-state index in [1.807, 2.05) is 48.5 Å². The second kappa shape index (κ2) is 17.3. The van der Waals surface area contributed by atoms with Crippen LogP contribution >= 0.6 is 0 Å². The van der Waals surface area contributed by atoms with E-state index in [2.05, 4.69) is 202 Å². The van der Waals surface area contributed by atoms with Crippen molar-refractivity contribution in [3.8, 4) is 101 Å². The Balaban J connectivity index is 0.857. The van der Waals surface area contributed by atoms with Gasteiger partial charge in [0.2, 0.25) is 0 Å². The quantitative estimate of drug-likeness (QED) is 0.151. The molecule has 348 valence electrons. The van der Waals surface area contributed by atoms with Gasteiger partial charge in [0.05, 0.1) is 11.4 Å². The summed E-state index contributed by atoms with van der Waals surface area (Å²) in [5.41, 5.74) is 18.2. The fourth-order valence-corrected chi connectivity index (χ4v) is 10.8. The molecule has 0 spiro atoms. The van der Waals surface area contributed by atoms with Crippen LogP contribution in [0, 0.1) is 0 Å². The summed E-state index contributed by atoms with van der Waals surface area (Å²) in [6.07, 6.45) is 0. The van der Waals surface area contributed by atoms with E-state index in [1.54, 1.807) is 0 Å². The maximum absolute atomic E-state index is 6.34. The Morgan fingerprint density at radius 2 is 0.743 bits per heavy atom. The van der Waals surface area contributed by atoms with Gasteiger partial charge in [0.25, 0.3) is 0 Å². The molecule has 0 bridgehead atoms. The van der Waals surface area contributed by atoms with Crippen LogP contribution in [-0.2, 0) is 5.41 Å². The van der Waals surface area contributed by atoms with E-state index in [0.717, 1.165) is 89.0 Å². The van der Waals surface area contributed by atoms with Crippen LogP contribution in [0.5, 0.6) is 0 Å². The van der Waals surface area contributed by atoms with E-state index in [1.165, 1.54) is 33.0 Å². The molecule has 6 heteroatoms. The Labute approximate surface area is 428 Å². The summed E-state index contributed by atoms with van der Waals surface area (Å²) < 4.78 is 6.34. The second-order valence-corrected chi connectivity index (χ2v) is 19.7. The minimum atomic E-state index is -0.187. The Morgan fingerprint density at radius 1 is 0.284 bits per heavy atom. The minimum Gasteiger partial charge on any atom is -0.456 e. The third-order valence-electron chi connectivity index (χ3n) is 14.7. The van der Waals surface area contributed by atoms with Crippen molar-refractivity contribution >= 4 is 32.7 Å². The van der Waals surface area contributed by atoms with Gasteiger partial charge in [-0.15, -0.1) is 0 Å². The first kappa shape index (κ1) is 43.2. The highest BCUT2D eigenvalue weighted by Gasteiger charge is 2.36. The van der Waals surface area contributed by atoms with Crippen molar-refractivity contribution in [2.24, 2.45) is 0 Å². The summed E-state index contributed by atoms with van der Waals surface area (Å²) >= 11 is 0. The summed E-state index contributed by atoms with van der Waals surface area (Å²) in [6, 6.07) is 82.8. The highest BCUT2D eigenvalue weighted by atomic mass is 16.3. The number of furan rings is 1. The van der Waals surface area contributed by atoms with Gasteiger partial charge in [-0.1, -0.05) is 190 Å². The fourth-order valence-electron chi connectivity index (χ4n) is 10.8. The lowest BCUT2D eigenvalue weighted by atomic mass is 9.81. The smallest absolute Gasteiger partial charge is 0.164 e. The molecule has 0 fully saturated rings. The number of rotatable bonds is 8. The number of hydrogen-bond acceptors (Lipinski definition) is 6. The van der Waals surface area contributed by atoms with Crippen LogP contribution < -0.4 is 0 Å². The molecule has 1 aliphatic carbocycles. The SMILES string of the molecule is CC1(C)c2cc(-c3cc(-c4cccc(-c5cccc(-c6nc(-c7cccc(-c8ccccc8)c7)nc(-c7ccc8c(c7)oc7ccccc78)n6)c5)c4)nc(-c4ccccc4)n3)ccc2-c2cc3ccccc3cc21. The highest BCUT2D eigenvalue weighted by molar-refractivity contribution is 6.05. The summed E-state index contributed by atoms with van der Waals surface area (Å²) in [6.45, 7) is 4.67. The van der Waals surface area contributed by atoms with Gasteiger partial charge in [-0.3, -0.25) is 0 Å². The van der Waals surface area contributed by atoms with Crippen molar-refractivity contribution in [2.45, 2.75) is 19.3 Å². The van der Waals surface area contributed by atoms with Crippen molar-refractivity contribution < 1.29 is 4.42 Å². The van der Waals surface area contributed by atoms with Crippen LogP contribution in [0.25, 0.3) is 134 Å². The normalized spacial score (nSPS) is 12.6. The molecule has 1 aliphatic rings. The van der Waals surface area contributed by atoms with E-state index in [4.69, 9.17) is 29.3 Å². The van der Waals surface area contributed by atoms with Crippen LogP contribution in [0.2, 0.25) is 0 Å². The minimum absolute atomic E-state index is 0.187. The maximum atomic E-state index is 6.34. The van der Waals surface area contributed by atoms with Crippen LogP contribution in [0.1, 0.15) is 25.0 Å². The van der Waals surface area contributed by atoms with Gasteiger partial charge >= 0.3 is 0 Å². The van der Waals surface area contributed by atoms with E-state index in [-0.39, 0.29) is 5.41 Å². The van der Waals surface area contributed by atoms with E-state index < -0.39 is 0 Å². The molecule has 0 atom stereocenters. The molecule has 0 N–H and O–H groups in total. The number of nitrogens with zero attached hydrogens (tertiary/aromatic N) is 5. The molecule has 13 aromatic rings. The van der Waals surface area contributed by atoms with E-state index in [0.29, 0.717) is 23.3 Å². The monoisotopic (exact) mass is 947 g/mol. The van der Waals surface area contributed by atoms with Crippen molar-refractivity contribution in [1.82, 2.24) is 24.9 Å². The van der Waals surface area contributed by atoms with E-state index in [9.17, 15) is 0 Å². The van der Waals surface area contributed by atoms with Gasteiger partial charge in [-0.05, 0) is 116 Å². The summed E-state index contributed by atoms with van der Waals surface area (Å²) in [7, 11) is 0. The zero-order chi connectivity index (χ0) is 49.3.